The van der Waals surface area contributed by atoms with Crippen molar-refractivity contribution in [1.82, 2.24) is 9.78 Å². The largest absolute Gasteiger partial charge is 0.463 e. The third-order valence-corrected chi connectivity index (χ3v) is 5.33. The highest BCUT2D eigenvalue weighted by atomic mass is 16.5. The van der Waals surface area contributed by atoms with Crippen LogP contribution in [-0.4, -0.2) is 22.4 Å². The molecule has 27 heavy (non-hydrogen) atoms. The van der Waals surface area contributed by atoms with Gasteiger partial charge in [-0.05, 0) is 37.7 Å². The molecule has 0 bridgehead atoms. The van der Waals surface area contributed by atoms with Crippen LogP contribution in [0.4, 0.5) is 0 Å². The van der Waals surface area contributed by atoms with Crippen molar-refractivity contribution >= 4 is 5.97 Å². The fourth-order valence-corrected chi connectivity index (χ4v) is 3.80. The zero-order valence-corrected chi connectivity index (χ0v) is 16.3. The van der Waals surface area contributed by atoms with Gasteiger partial charge in [-0.15, -0.1) is 0 Å². The highest BCUT2D eigenvalue weighted by Crippen LogP contribution is 2.29. The maximum absolute atomic E-state index is 12.3. The highest BCUT2D eigenvalue weighted by Gasteiger charge is 2.15. The molecule has 0 unspecified atom stereocenters. The first-order chi connectivity index (χ1) is 13.3. The van der Waals surface area contributed by atoms with Crippen molar-refractivity contribution in [3.63, 3.8) is 0 Å². The first-order valence-corrected chi connectivity index (χ1v) is 10.2. The minimum absolute atomic E-state index is 0.181. The Morgan fingerprint density at radius 1 is 1.22 bits per heavy atom. The molecular weight excluding hydrogens is 336 g/mol. The Bertz CT molecular complexity index is 743. The molecule has 4 heteroatoms. The van der Waals surface area contributed by atoms with Gasteiger partial charge in [0.05, 0.1) is 12.8 Å². The lowest BCUT2D eigenvalue weighted by Gasteiger charge is -2.09. The van der Waals surface area contributed by atoms with Crippen LogP contribution in [0.1, 0.15) is 51.9 Å². The molecule has 1 fully saturated rings. The van der Waals surface area contributed by atoms with Crippen LogP contribution in [-0.2, 0) is 16.1 Å². The number of hydrogen-bond acceptors (Lipinski definition) is 3. The molecule has 1 saturated carbocycles. The summed E-state index contributed by atoms with van der Waals surface area (Å²) in [6, 6.07) is 10.2. The summed E-state index contributed by atoms with van der Waals surface area (Å²) in [4.78, 5) is 12.3. The summed E-state index contributed by atoms with van der Waals surface area (Å²) in [5, 5.41) is 4.45. The number of aromatic nitrogens is 2. The number of nitrogens with zero attached hydrogens (tertiary/aromatic N) is 2. The standard InChI is InChI=1S/C23H30N2O2/c1-2-27-23(26)21(14-8-11-19-9-6-7-10-19)15-16-25-18-22(17-24-25)20-12-4-3-5-13-20/h3-5,12-14,17-19H,2,6-11,15-16H2,1H3/b21-14+. The van der Waals surface area contributed by atoms with Gasteiger partial charge >= 0.3 is 5.97 Å². The molecule has 0 spiro atoms. The van der Waals surface area contributed by atoms with Crippen LogP contribution in [0.2, 0.25) is 0 Å². The molecule has 1 aromatic carbocycles. The van der Waals surface area contributed by atoms with Gasteiger partial charge in [0.1, 0.15) is 0 Å². The zero-order chi connectivity index (χ0) is 18.9. The van der Waals surface area contributed by atoms with Crippen molar-refractivity contribution in [3.05, 3.63) is 54.4 Å². The molecule has 1 aromatic heterocycles. The van der Waals surface area contributed by atoms with Gasteiger partial charge in [-0.3, -0.25) is 4.68 Å². The van der Waals surface area contributed by atoms with Crippen molar-refractivity contribution in [2.24, 2.45) is 5.92 Å². The van der Waals surface area contributed by atoms with E-state index in [0.717, 1.165) is 29.0 Å². The SMILES string of the molecule is CCOC(=O)/C(=C/CCC1CCCC1)CCn1cc(-c2ccccc2)cn1. The lowest BCUT2D eigenvalue weighted by Crippen LogP contribution is -2.11. The van der Waals surface area contributed by atoms with E-state index >= 15 is 0 Å². The summed E-state index contributed by atoms with van der Waals surface area (Å²) in [6.07, 6.45) is 14.2. The van der Waals surface area contributed by atoms with Gasteiger partial charge < -0.3 is 4.74 Å². The Kier molecular flexibility index (Phi) is 7.26. The van der Waals surface area contributed by atoms with Gasteiger partial charge in [0.25, 0.3) is 0 Å². The summed E-state index contributed by atoms with van der Waals surface area (Å²) in [5.41, 5.74) is 3.03. The predicted octanol–water partition coefficient (Wildman–Crippen LogP) is 5.40. The van der Waals surface area contributed by atoms with Crippen LogP contribution in [0, 0.1) is 5.92 Å². The van der Waals surface area contributed by atoms with Crippen molar-refractivity contribution in [2.45, 2.75) is 58.4 Å². The molecule has 0 aliphatic heterocycles. The maximum atomic E-state index is 12.3. The summed E-state index contributed by atoms with van der Waals surface area (Å²) >= 11 is 0. The van der Waals surface area contributed by atoms with E-state index in [1.807, 2.05) is 42.2 Å². The van der Waals surface area contributed by atoms with E-state index in [1.165, 1.54) is 32.1 Å². The maximum Gasteiger partial charge on any atom is 0.333 e. The summed E-state index contributed by atoms with van der Waals surface area (Å²) in [7, 11) is 0. The van der Waals surface area contributed by atoms with E-state index in [1.54, 1.807) is 0 Å². The van der Waals surface area contributed by atoms with Gasteiger partial charge in [0.2, 0.25) is 0 Å². The van der Waals surface area contributed by atoms with Gasteiger partial charge in [-0.2, -0.15) is 5.10 Å². The van der Waals surface area contributed by atoms with E-state index in [-0.39, 0.29) is 5.97 Å². The summed E-state index contributed by atoms with van der Waals surface area (Å²) in [6.45, 7) is 2.95. The van der Waals surface area contributed by atoms with Crippen molar-refractivity contribution in [2.75, 3.05) is 6.61 Å². The second kappa shape index (κ2) is 10.1. The lowest BCUT2D eigenvalue weighted by molar-refractivity contribution is -0.138. The molecule has 0 N–H and O–H groups in total. The predicted molar refractivity (Wildman–Crippen MR) is 108 cm³/mol. The number of esters is 1. The number of hydrogen-bond donors (Lipinski definition) is 0. The third-order valence-electron chi connectivity index (χ3n) is 5.33. The Hall–Kier alpha value is -2.36. The van der Waals surface area contributed by atoms with Crippen molar-refractivity contribution in [1.29, 1.82) is 0 Å². The average Bonchev–Trinajstić information content (AvgIpc) is 3.37. The van der Waals surface area contributed by atoms with E-state index in [4.69, 9.17) is 4.74 Å². The van der Waals surface area contributed by atoms with Gasteiger partial charge in [-0.1, -0.05) is 62.1 Å². The second-order valence-corrected chi connectivity index (χ2v) is 7.29. The normalized spacial score (nSPS) is 15.2. The quantitative estimate of drug-likeness (QED) is 0.441. The Morgan fingerprint density at radius 3 is 2.74 bits per heavy atom. The molecule has 0 saturated heterocycles. The number of aryl methyl sites for hydroxylation is 1. The smallest absolute Gasteiger partial charge is 0.333 e. The molecule has 4 nitrogen and oxygen atoms in total. The minimum Gasteiger partial charge on any atom is -0.463 e. The van der Waals surface area contributed by atoms with Crippen LogP contribution >= 0.6 is 0 Å². The number of carbonyl (C=O) groups is 1. The topological polar surface area (TPSA) is 44.1 Å². The second-order valence-electron chi connectivity index (χ2n) is 7.29. The number of carbonyl (C=O) groups excluding carboxylic acids is 1. The Balaban J connectivity index is 1.58. The fraction of sp³-hybridized carbons (Fsp3) is 0.478. The number of rotatable bonds is 9. The molecule has 1 aliphatic carbocycles. The van der Waals surface area contributed by atoms with E-state index in [9.17, 15) is 4.79 Å². The Morgan fingerprint density at radius 2 is 2.00 bits per heavy atom. The number of allylic oxidation sites excluding steroid dienone is 1. The molecule has 0 amide bonds. The first-order valence-electron chi connectivity index (χ1n) is 10.2. The first kappa shape index (κ1) is 19.4. The van der Waals surface area contributed by atoms with Gasteiger partial charge in [-0.25, -0.2) is 4.79 Å². The van der Waals surface area contributed by atoms with Gasteiger partial charge in [0.15, 0.2) is 0 Å². The van der Waals surface area contributed by atoms with Crippen LogP contribution in [0.5, 0.6) is 0 Å². The molecular formula is C23H30N2O2. The highest BCUT2D eigenvalue weighted by molar-refractivity contribution is 5.88. The van der Waals surface area contributed by atoms with Gasteiger partial charge in [0, 0.05) is 23.9 Å². The van der Waals surface area contributed by atoms with E-state index in [2.05, 4.69) is 23.3 Å². The average molecular weight is 367 g/mol. The summed E-state index contributed by atoms with van der Waals surface area (Å²) in [5.74, 6) is 0.656. The Labute approximate surface area is 162 Å². The molecule has 1 heterocycles. The van der Waals surface area contributed by atoms with Crippen LogP contribution < -0.4 is 0 Å². The molecule has 144 valence electrons. The third kappa shape index (κ3) is 5.81. The summed E-state index contributed by atoms with van der Waals surface area (Å²) < 4.78 is 7.16. The fourth-order valence-electron chi connectivity index (χ4n) is 3.80. The monoisotopic (exact) mass is 366 g/mol. The molecule has 3 rings (SSSR count). The molecule has 1 aliphatic rings. The lowest BCUT2D eigenvalue weighted by atomic mass is 10.0. The number of benzene rings is 1. The molecule has 0 radical (unpaired) electrons. The molecule has 2 aromatic rings. The minimum atomic E-state index is -0.181. The van der Waals surface area contributed by atoms with E-state index < -0.39 is 0 Å². The van der Waals surface area contributed by atoms with Crippen LogP contribution in [0.25, 0.3) is 11.1 Å². The number of ether oxygens (including phenoxy) is 1. The molecule has 0 atom stereocenters. The zero-order valence-electron chi connectivity index (χ0n) is 16.3. The van der Waals surface area contributed by atoms with Crippen molar-refractivity contribution < 1.29 is 9.53 Å². The van der Waals surface area contributed by atoms with Crippen molar-refractivity contribution in [3.8, 4) is 11.1 Å². The van der Waals surface area contributed by atoms with E-state index in [0.29, 0.717) is 19.6 Å². The van der Waals surface area contributed by atoms with Crippen LogP contribution in [0.15, 0.2) is 54.4 Å². The van der Waals surface area contributed by atoms with Crippen LogP contribution in [0.3, 0.4) is 0 Å².